The zero-order valence-corrected chi connectivity index (χ0v) is 15.7. The zero-order chi connectivity index (χ0) is 20.7. The summed E-state index contributed by atoms with van der Waals surface area (Å²) in [6.45, 7) is 0. The molecule has 0 saturated carbocycles. The Bertz CT molecular complexity index is 1320. The van der Waals surface area contributed by atoms with E-state index in [1.54, 1.807) is 6.07 Å². The predicted octanol–water partition coefficient (Wildman–Crippen LogP) is 4.93. The number of carbonyl (C=O) groups excluding carboxylic acids is 1. The molecule has 1 unspecified atom stereocenters. The first-order valence-corrected chi connectivity index (χ1v) is 9.40. The monoisotopic (exact) mass is 396 g/mol. The molecule has 1 aliphatic rings. The molecule has 0 aliphatic carbocycles. The molecule has 0 spiro atoms. The highest BCUT2D eigenvalue weighted by Crippen LogP contribution is 2.38. The fourth-order valence-electron chi connectivity index (χ4n) is 3.79. The number of nitrogens with zero attached hydrogens (tertiary/aromatic N) is 2. The second-order valence-corrected chi connectivity index (χ2v) is 7.06. The highest BCUT2D eigenvalue weighted by atomic mass is 16.6. The van der Waals surface area contributed by atoms with Crippen LogP contribution in [0.3, 0.4) is 0 Å². The summed E-state index contributed by atoms with van der Waals surface area (Å²) in [6.07, 6.45) is 1.86. The second-order valence-electron chi connectivity index (χ2n) is 7.06. The number of aromatic nitrogens is 1. The van der Waals surface area contributed by atoms with Crippen LogP contribution in [-0.4, -0.2) is 21.5 Å². The predicted molar refractivity (Wildman–Crippen MR) is 115 cm³/mol. The number of nitro groups is 1. The van der Waals surface area contributed by atoms with E-state index in [0.717, 1.165) is 16.5 Å². The standard InChI is InChI=1S/C23H16N4O3/c28-23-21(18-13-17(27(29)30)7-9-20(18)26-23)22(14-4-2-1-3-5-14)25-16-6-8-19-15(12-16)10-11-24-19/h1-13,21,24H,(H,26,28). The van der Waals surface area contributed by atoms with Crippen LogP contribution >= 0.6 is 0 Å². The number of anilines is 1. The van der Waals surface area contributed by atoms with E-state index in [4.69, 9.17) is 4.99 Å². The molecule has 30 heavy (non-hydrogen) atoms. The number of hydrogen-bond acceptors (Lipinski definition) is 4. The molecule has 3 aromatic carbocycles. The SMILES string of the molecule is O=C1Nc2ccc([N+](=O)[O-])cc2C1C(=Nc1ccc2[nH]ccc2c1)c1ccccc1. The van der Waals surface area contributed by atoms with Crippen LogP contribution in [0, 0.1) is 10.1 Å². The molecule has 1 amide bonds. The fraction of sp³-hybridized carbons (Fsp3) is 0.0435. The average molecular weight is 396 g/mol. The Kier molecular flexibility index (Phi) is 4.14. The number of carbonyl (C=O) groups is 1. The van der Waals surface area contributed by atoms with Crippen LogP contribution in [0.1, 0.15) is 17.0 Å². The topological polar surface area (TPSA) is 100 Å². The van der Waals surface area contributed by atoms with Crippen molar-refractivity contribution in [2.75, 3.05) is 5.32 Å². The second kappa shape index (κ2) is 6.97. The van der Waals surface area contributed by atoms with Crippen LogP contribution < -0.4 is 5.32 Å². The molecular weight excluding hydrogens is 380 g/mol. The minimum atomic E-state index is -0.746. The van der Waals surface area contributed by atoms with Crippen molar-refractivity contribution >= 4 is 39.6 Å². The maximum absolute atomic E-state index is 12.9. The molecule has 4 aromatic rings. The van der Waals surface area contributed by atoms with E-state index in [9.17, 15) is 14.9 Å². The molecular formula is C23H16N4O3. The summed E-state index contributed by atoms with van der Waals surface area (Å²) in [5.74, 6) is -1.000. The van der Waals surface area contributed by atoms with Gasteiger partial charge in [0.25, 0.3) is 5.69 Å². The van der Waals surface area contributed by atoms with Gasteiger partial charge in [0.05, 0.1) is 16.3 Å². The molecule has 0 fully saturated rings. The third kappa shape index (κ3) is 3.02. The van der Waals surface area contributed by atoms with Crippen molar-refractivity contribution in [1.29, 1.82) is 0 Å². The highest BCUT2D eigenvalue weighted by Gasteiger charge is 2.36. The van der Waals surface area contributed by atoms with E-state index in [-0.39, 0.29) is 11.6 Å². The molecule has 1 atom stereocenters. The lowest BCUT2D eigenvalue weighted by Crippen LogP contribution is -2.22. The smallest absolute Gasteiger partial charge is 0.269 e. The maximum Gasteiger partial charge on any atom is 0.269 e. The van der Waals surface area contributed by atoms with Crippen LogP contribution in [0.15, 0.2) is 84.0 Å². The summed E-state index contributed by atoms with van der Waals surface area (Å²) < 4.78 is 0. The number of rotatable bonds is 4. The number of hydrogen-bond donors (Lipinski definition) is 2. The first-order chi connectivity index (χ1) is 14.6. The first-order valence-electron chi connectivity index (χ1n) is 9.40. The van der Waals surface area contributed by atoms with Gasteiger partial charge in [0, 0.05) is 40.5 Å². The summed E-state index contributed by atoms with van der Waals surface area (Å²) in [7, 11) is 0. The van der Waals surface area contributed by atoms with Gasteiger partial charge in [-0.3, -0.25) is 19.9 Å². The lowest BCUT2D eigenvalue weighted by molar-refractivity contribution is -0.384. The Morgan fingerprint density at radius 2 is 1.83 bits per heavy atom. The minimum absolute atomic E-state index is 0.0589. The molecule has 2 N–H and O–H groups in total. The number of nitrogens with one attached hydrogen (secondary N) is 2. The molecule has 7 nitrogen and oxygen atoms in total. The molecule has 1 aromatic heterocycles. The van der Waals surface area contributed by atoms with E-state index in [2.05, 4.69) is 10.3 Å². The van der Waals surface area contributed by atoms with Crippen molar-refractivity contribution in [2.45, 2.75) is 5.92 Å². The normalized spacial score (nSPS) is 15.8. The van der Waals surface area contributed by atoms with Crippen LogP contribution in [-0.2, 0) is 4.79 Å². The van der Waals surface area contributed by atoms with Crippen molar-refractivity contribution in [3.8, 4) is 0 Å². The van der Waals surface area contributed by atoms with E-state index in [1.807, 2.05) is 60.8 Å². The van der Waals surface area contributed by atoms with E-state index in [0.29, 0.717) is 22.6 Å². The van der Waals surface area contributed by atoms with E-state index in [1.165, 1.54) is 12.1 Å². The van der Waals surface area contributed by atoms with Gasteiger partial charge in [0.2, 0.25) is 5.91 Å². The van der Waals surface area contributed by atoms with Gasteiger partial charge < -0.3 is 10.3 Å². The summed E-state index contributed by atoms with van der Waals surface area (Å²) in [5.41, 5.74) is 4.09. The van der Waals surface area contributed by atoms with Gasteiger partial charge in [-0.1, -0.05) is 30.3 Å². The quantitative estimate of drug-likeness (QED) is 0.290. The molecule has 0 radical (unpaired) electrons. The number of non-ortho nitro benzene ring substituents is 1. The summed E-state index contributed by atoms with van der Waals surface area (Å²) in [6, 6.07) is 21.5. The first kappa shape index (κ1) is 17.8. The molecule has 2 heterocycles. The van der Waals surface area contributed by atoms with Crippen molar-refractivity contribution in [3.63, 3.8) is 0 Å². The van der Waals surface area contributed by atoms with Gasteiger partial charge in [0.15, 0.2) is 0 Å². The molecule has 7 heteroatoms. The molecule has 1 aliphatic heterocycles. The van der Waals surface area contributed by atoms with Crippen LogP contribution in [0.4, 0.5) is 17.1 Å². The summed E-state index contributed by atoms with van der Waals surface area (Å²) >= 11 is 0. The number of amides is 1. The number of fused-ring (bicyclic) bond motifs is 2. The van der Waals surface area contributed by atoms with Crippen molar-refractivity contribution in [1.82, 2.24) is 4.98 Å². The summed E-state index contributed by atoms with van der Waals surface area (Å²) in [4.78, 5) is 31.7. The van der Waals surface area contributed by atoms with Gasteiger partial charge >= 0.3 is 0 Å². The van der Waals surface area contributed by atoms with Crippen molar-refractivity contribution in [2.24, 2.45) is 4.99 Å². The van der Waals surface area contributed by atoms with Crippen molar-refractivity contribution < 1.29 is 9.72 Å². The van der Waals surface area contributed by atoms with Gasteiger partial charge in [-0.15, -0.1) is 0 Å². The van der Waals surface area contributed by atoms with E-state index < -0.39 is 10.8 Å². The van der Waals surface area contributed by atoms with Gasteiger partial charge in [-0.25, -0.2) is 0 Å². The van der Waals surface area contributed by atoms with Crippen molar-refractivity contribution in [3.05, 3.63) is 100 Å². The lowest BCUT2D eigenvalue weighted by Gasteiger charge is -2.14. The molecule has 5 rings (SSSR count). The van der Waals surface area contributed by atoms with Crippen LogP contribution in [0.2, 0.25) is 0 Å². The van der Waals surface area contributed by atoms with Gasteiger partial charge in [-0.2, -0.15) is 0 Å². The Balaban J connectivity index is 1.69. The minimum Gasteiger partial charge on any atom is -0.361 e. The number of aromatic amines is 1. The molecule has 146 valence electrons. The number of nitro benzene ring substituents is 1. The Labute approximate surface area is 171 Å². The largest absolute Gasteiger partial charge is 0.361 e. The molecule has 0 saturated heterocycles. The highest BCUT2D eigenvalue weighted by molar-refractivity contribution is 6.24. The van der Waals surface area contributed by atoms with E-state index >= 15 is 0 Å². The zero-order valence-electron chi connectivity index (χ0n) is 15.7. The summed E-state index contributed by atoms with van der Waals surface area (Å²) in [5, 5.41) is 15.1. The number of benzene rings is 3. The average Bonchev–Trinajstić information content (AvgIpc) is 3.35. The maximum atomic E-state index is 12.9. The van der Waals surface area contributed by atoms with Gasteiger partial charge in [0.1, 0.15) is 5.92 Å². The van der Waals surface area contributed by atoms with Gasteiger partial charge in [-0.05, 0) is 35.9 Å². The Morgan fingerprint density at radius 3 is 2.63 bits per heavy atom. The van der Waals surface area contributed by atoms with Crippen LogP contribution in [0.25, 0.3) is 10.9 Å². The Morgan fingerprint density at radius 1 is 1.00 bits per heavy atom. The number of aliphatic imine (C=N–C) groups is 1. The van der Waals surface area contributed by atoms with Crippen LogP contribution in [0.5, 0.6) is 0 Å². The third-order valence-electron chi connectivity index (χ3n) is 5.21. The molecule has 0 bridgehead atoms. The Hall–Kier alpha value is -4.26. The lowest BCUT2D eigenvalue weighted by atomic mass is 9.90. The fourth-order valence-corrected chi connectivity index (χ4v) is 3.79. The third-order valence-corrected chi connectivity index (χ3v) is 5.21. The number of H-pyrrole nitrogens is 1.